The third-order valence-corrected chi connectivity index (χ3v) is 3.49. The number of rotatable bonds is 3. The summed E-state index contributed by atoms with van der Waals surface area (Å²) in [4.78, 5) is 11.8. The van der Waals surface area contributed by atoms with Crippen LogP contribution >= 0.6 is 11.6 Å². The van der Waals surface area contributed by atoms with Crippen LogP contribution in [0.2, 0.25) is 5.02 Å². The highest BCUT2D eigenvalue weighted by Gasteiger charge is 2.18. The van der Waals surface area contributed by atoms with Crippen molar-refractivity contribution in [2.45, 2.75) is 12.8 Å². The van der Waals surface area contributed by atoms with E-state index in [-0.39, 0.29) is 10.6 Å². The van der Waals surface area contributed by atoms with Gasteiger partial charge in [-0.3, -0.25) is 4.79 Å². The fourth-order valence-corrected chi connectivity index (χ4v) is 2.28. The minimum Gasteiger partial charge on any atom is -0.352 e. The van der Waals surface area contributed by atoms with Crippen molar-refractivity contribution in [3.05, 3.63) is 34.4 Å². The van der Waals surface area contributed by atoms with E-state index in [0.717, 1.165) is 38.1 Å². The average molecular weight is 289 g/mol. The number of hydrogen-bond acceptors (Lipinski definition) is 2. The van der Waals surface area contributed by atoms with Crippen LogP contribution in [0.25, 0.3) is 0 Å². The summed E-state index contributed by atoms with van der Waals surface area (Å²) >= 11 is 5.43. The van der Waals surface area contributed by atoms with Crippen LogP contribution in [-0.4, -0.2) is 25.5 Å². The minimum atomic E-state index is -0.814. The van der Waals surface area contributed by atoms with Crippen molar-refractivity contribution in [2.75, 3.05) is 19.6 Å². The van der Waals surface area contributed by atoms with E-state index in [0.29, 0.717) is 12.5 Å². The molecule has 1 aromatic carbocycles. The van der Waals surface area contributed by atoms with Crippen molar-refractivity contribution >= 4 is 17.5 Å². The van der Waals surface area contributed by atoms with Crippen LogP contribution in [-0.2, 0) is 0 Å². The van der Waals surface area contributed by atoms with Gasteiger partial charge in [0.15, 0.2) is 0 Å². The largest absolute Gasteiger partial charge is 0.352 e. The Bertz CT molecular complexity index is 476. The van der Waals surface area contributed by atoms with Crippen molar-refractivity contribution in [1.82, 2.24) is 10.6 Å². The van der Waals surface area contributed by atoms with Gasteiger partial charge in [-0.1, -0.05) is 11.6 Å². The molecule has 0 radical (unpaired) electrons. The number of nitrogens with one attached hydrogen (secondary N) is 2. The molecule has 1 saturated heterocycles. The highest BCUT2D eigenvalue weighted by molar-refractivity contribution is 6.30. The first-order valence-electron chi connectivity index (χ1n) is 6.21. The lowest BCUT2D eigenvalue weighted by atomic mass is 9.99. The van der Waals surface area contributed by atoms with Crippen molar-refractivity contribution in [3.8, 4) is 0 Å². The highest BCUT2D eigenvalue weighted by atomic mass is 35.5. The number of hydrogen-bond donors (Lipinski definition) is 2. The zero-order valence-corrected chi connectivity index (χ0v) is 11.1. The fraction of sp³-hybridized carbons (Fsp3) is 0.462. The molecule has 0 aromatic heterocycles. The minimum absolute atomic E-state index is 0.314. The summed E-state index contributed by atoms with van der Waals surface area (Å²) in [7, 11) is 0. The number of piperidine rings is 1. The molecule has 3 nitrogen and oxygen atoms in total. The summed E-state index contributed by atoms with van der Waals surface area (Å²) in [5.74, 6) is -1.89. The van der Waals surface area contributed by atoms with Gasteiger partial charge in [0, 0.05) is 6.54 Å². The Morgan fingerprint density at radius 2 is 2.21 bits per heavy atom. The van der Waals surface area contributed by atoms with Gasteiger partial charge < -0.3 is 10.6 Å². The average Bonchev–Trinajstić information content (AvgIpc) is 2.41. The summed E-state index contributed by atoms with van der Waals surface area (Å²) in [5, 5.41) is 5.52. The number of benzene rings is 1. The third kappa shape index (κ3) is 3.64. The van der Waals surface area contributed by atoms with E-state index in [4.69, 9.17) is 11.6 Å². The van der Waals surface area contributed by atoms with Gasteiger partial charge >= 0.3 is 0 Å². The lowest BCUT2D eigenvalue weighted by Crippen LogP contribution is -2.38. The quantitative estimate of drug-likeness (QED) is 0.838. The van der Waals surface area contributed by atoms with Gasteiger partial charge in [-0.25, -0.2) is 8.78 Å². The molecule has 1 aliphatic heterocycles. The van der Waals surface area contributed by atoms with E-state index in [1.165, 1.54) is 0 Å². The van der Waals surface area contributed by atoms with Crippen molar-refractivity contribution < 1.29 is 13.6 Å². The molecule has 1 atom stereocenters. The second-order valence-electron chi connectivity index (χ2n) is 4.67. The Hall–Kier alpha value is -1.20. The first-order valence-corrected chi connectivity index (χ1v) is 6.59. The van der Waals surface area contributed by atoms with E-state index in [1.54, 1.807) is 0 Å². The summed E-state index contributed by atoms with van der Waals surface area (Å²) in [6.07, 6.45) is 2.08. The molecule has 0 spiro atoms. The van der Waals surface area contributed by atoms with Gasteiger partial charge in [0.05, 0.1) is 10.6 Å². The number of carbonyl (C=O) groups excluding carboxylic acids is 1. The molecule has 0 aliphatic carbocycles. The van der Waals surface area contributed by atoms with Crippen LogP contribution < -0.4 is 10.6 Å². The normalized spacial score (nSPS) is 19.2. The summed E-state index contributed by atoms with van der Waals surface area (Å²) in [6, 6.07) is 1.64. The zero-order valence-electron chi connectivity index (χ0n) is 10.3. The number of halogens is 3. The molecule has 2 N–H and O–H groups in total. The molecule has 0 bridgehead atoms. The Morgan fingerprint density at radius 1 is 1.42 bits per heavy atom. The predicted molar refractivity (Wildman–Crippen MR) is 69.3 cm³/mol. The second-order valence-corrected chi connectivity index (χ2v) is 5.08. The maximum atomic E-state index is 13.5. The molecule has 1 amide bonds. The van der Waals surface area contributed by atoms with E-state index in [1.807, 2.05) is 0 Å². The van der Waals surface area contributed by atoms with Crippen LogP contribution in [0.5, 0.6) is 0 Å². The Kier molecular flexibility index (Phi) is 4.71. The topological polar surface area (TPSA) is 41.1 Å². The van der Waals surface area contributed by atoms with Crippen LogP contribution in [0, 0.1) is 17.6 Å². The zero-order chi connectivity index (χ0) is 13.8. The van der Waals surface area contributed by atoms with Crippen molar-refractivity contribution in [3.63, 3.8) is 0 Å². The molecule has 1 aromatic rings. The monoisotopic (exact) mass is 288 g/mol. The van der Waals surface area contributed by atoms with Gasteiger partial charge in [-0.2, -0.15) is 0 Å². The maximum absolute atomic E-state index is 13.5. The molecule has 2 rings (SSSR count). The summed E-state index contributed by atoms with van der Waals surface area (Å²) < 4.78 is 26.7. The first-order chi connectivity index (χ1) is 9.08. The summed E-state index contributed by atoms with van der Waals surface area (Å²) in [6.45, 7) is 2.27. The number of carbonyl (C=O) groups is 1. The molecule has 104 valence electrons. The van der Waals surface area contributed by atoms with Gasteiger partial charge in [0.25, 0.3) is 5.91 Å². The van der Waals surface area contributed by atoms with Crippen molar-refractivity contribution in [2.24, 2.45) is 5.92 Å². The SMILES string of the molecule is O=C(NCC1CCCNC1)c1cc(F)c(Cl)cc1F. The third-order valence-electron chi connectivity index (χ3n) is 3.20. The van der Waals surface area contributed by atoms with Gasteiger partial charge in [-0.05, 0) is 44.0 Å². The highest BCUT2D eigenvalue weighted by Crippen LogP contribution is 2.19. The summed E-state index contributed by atoms with van der Waals surface area (Å²) in [5.41, 5.74) is -0.314. The Morgan fingerprint density at radius 3 is 2.89 bits per heavy atom. The van der Waals surface area contributed by atoms with E-state index < -0.39 is 17.5 Å². The van der Waals surface area contributed by atoms with Crippen molar-refractivity contribution in [1.29, 1.82) is 0 Å². The Balaban J connectivity index is 1.97. The molecular weight excluding hydrogens is 274 g/mol. The number of amides is 1. The van der Waals surface area contributed by atoms with Crippen LogP contribution in [0.4, 0.5) is 8.78 Å². The van der Waals surface area contributed by atoms with E-state index >= 15 is 0 Å². The second kappa shape index (κ2) is 6.30. The lowest BCUT2D eigenvalue weighted by Gasteiger charge is -2.22. The molecule has 6 heteroatoms. The van der Waals surface area contributed by atoms with E-state index in [2.05, 4.69) is 10.6 Å². The first kappa shape index (κ1) is 14.2. The standard InChI is InChI=1S/C13H15ClF2N2O/c14-10-5-11(15)9(4-12(10)16)13(19)18-7-8-2-1-3-17-6-8/h4-5,8,17H,1-3,6-7H2,(H,18,19). The van der Waals surface area contributed by atoms with E-state index in [9.17, 15) is 13.6 Å². The predicted octanol–water partition coefficient (Wildman–Crippen LogP) is 2.35. The van der Waals surface area contributed by atoms with Gasteiger partial charge in [0.1, 0.15) is 11.6 Å². The molecule has 1 unspecified atom stereocenters. The van der Waals surface area contributed by atoms with Crippen LogP contribution in [0.1, 0.15) is 23.2 Å². The molecule has 0 saturated carbocycles. The molecule has 1 aliphatic rings. The maximum Gasteiger partial charge on any atom is 0.254 e. The van der Waals surface area contributed by atoms with Gasteiger partial charge in [-0.15, -0.1) is 0 Å². The molecule has 1 fully saturated rings. The fourth-order valence-electron chi connectivity index (χ4n) is 2.13. The smallest absolute Gasteiger partial charge is 0.254 e. The van der Waals surface area contributed by atoms with Gasteiger partial charge in [0.2, 0.25) is 0 Å². The van der Waals surface area contributed by atoms with Crippen LogP contribution in [0.3, 0.4) is 0 Å². The molecular formula is C13H15ClF2N2O. The molecule has 19 heavy (non-hydrogen) atoms. The molecule has 1 heterocycles. The lowest BCUT2D eigenvalue weighted by molar-refractivity contribution is 0.0940. The van der Waals surface area contributed by atoms with Crippen LogP contribution in [0.15, 0.2) is 12.1 Å². The Labute approximate surface area is 115 Å².